The SMILES string of the molecule is NCc1cc(Cl)nc(N2CCCCC2)c1. The first-order chi connectivity index (χ1) is 7.29. The Morgan fingerprint density at radius 1 is 1.27 bits per heavy atom. The second-order valence-electron chi connectivity index (χ2n) is 3.91. The fourth-order valence-corrected chi connectivity index (χ4v) is 2.16. The lowest BCUT2D eigenvalue weighted by Gasteiger charge is -2.28. The molecule has 3 nitrogen and oxygen atoms in total. The van der Waals surface area contributed by atoms with Crippen LogP contribution in [0.4, 0.5) is 5.82 Å². The number of rotatable bonds is 2. The van der Waals surface area contributed by atoms with Gasteiger partial charge < -0.3 is 10.6 Å². The highest BCUT2D eigenvalue weighted by atomic mass is 35.5. The number of nitrogens with zero attached hydrogens (tertiary/aromatic N) is 2. The van der Waals surface area contributed by atoms with Crippen LogP contribution in [0.25, 0.3) is 0 Å². The monoisotopic (exact) mass is 225 g/mol. The molecule has 0 unspecified atom stereocenters. The summed E-state index contributed by atoms with van der Waals surface area (Å²) in [5, 5.41) is 0.540. The van der Waals surface area contributed by atoms with E-state index < -0.39 is 0 Å². The van der Waals surface area contributed by atoms with Crippen molar-refractivity contribution in [3.8, 4) is 0 Å². The third kappa shape index (κ3) is 2.61. The Kier molecular flexibility index (Phi) is 3.44. The molecule has 0 radical (unpaired) electrons. The number of hydrogen-bond acceptors (Lipinski definition) is 3. The molecule has 1 saturated heterocycles. The van der Waals surface area contributed by atoms with Gasteiger partial charge >= 0.3 is 0 Å². The van der Waals surface area contributed by atoms with Gasteiger partial charge in [0.15, 0.2) is 0 Å². The van der Waals surface area contributed by atoms with E-state index in [2.05, 4.69) is 9.88 Å². The van der Waals surface area contributed by atoms with Gasteiger partial charge in [-0.25, -0.2) is 4.98 Å². The largest absolute Gasteiger partial charge is 0.357 e. The molecular weight excluding hydrogens is 210 g/mol. The molecule has 2 rings (SSSR count). The molecule has 0 aliphatic carbocycles. The minimum atomic E-state index is 0.517. The Morgan fingerprint density at radius 3 is 2.67 bits per heavy atom. The van der Waals surface area contributed by atoms with Gasteiger partial charge in [0.2, 0.25) is 0 Å². The van der Waals surface area contributed by atoms with Crippen LogP contribution in [-0.2, 0) is 6.54 Å². The fourth-order valence-electron chi connectivity index (χ4n) is 1.94. The molecule has 0 aromatic carbocycles. The van der Waals surface area contributed by atoms with Crippen LogP contribution in [-0.4, -0.2) is 18.1 Å². The second-order valence-corrected chi connectivity index (χ2v) is 4.30. The summed E-state index contributed by atoms with van der Waals surface area (Å²) in [7, 11) is 0. The zero-order chi connectivity index (χ0) is 10.7. The van der Waals surface area contributed by atoms with E-state index in [9.17, 15) is 0 Å². The van der Waals surface area contributed by atoms with Gasteiger partial charge in [0.1, 0.15) is 11.0 Å². The molecule has 0 amide bonds. The van der Waals surface area contributed by atoms with Gasteiger partial charge in [0.05, 0.1) is 0 Å². The number of hydrogen-bond donors (Lipinski definition) is 1. The average Bonchev–Trinajstić information content (AvgIpc) is 2.29. The van der Waals surface area contributed by atoms with Crippen molar-refractivity contribution in [2.45, 2.75) is 25.8 Å². The average molecular weight is 226 g/mol. The lowest BCUT2D eigenvalue weighted by atomic mass is 10.1. The maximum absolute atomic E-state index is 5.95. The van der Waals surface area contributed by atoms with Crippen molar-refractivity contribution < 1.29 is 0 Å². The van der Waals surface area contributed by atoms with Crippen molar-refractivity contribution in [2.24, 2.45) is 5.73 Å². The van der Waals surface area contributed by atoms with Crippen LogP contribution in [0.3, 0.4) is 0 Å². The number of aromatic nitrogens is 1. The fraction of sp³-hybridized carbons (Fsp3) is 0.545. The van der Waals surface area contributed by atoms with E-state index in [4.69, 9.17) is 17.3 Å². The molecule has 1 aliphatic heterocycles. The van der Waals surface area contributed by atoms with Gasteiger partial charge in [0.25, 0.3) is 0 Å². The third-order valence-electron chi connectivity index (χ3n) is 2.76. The highest BCUT2D eigenvalue weighted by Gasteiger charge is 2.13. The lowest BCUT2D eigenvalue weighted by molar-refractivity contribution is 0.573. The first-order valence-corrected chi connectivity index (χ1v) is 5.79. The number of pyridine rings is 1. The van der Waals surface area contributed by atoms with Crippen LogP contribution in [0.2, 0.25) is 5.15 Å². The van der Waals surface area contributed by atoms with Gasteiger partial charge in [-0.2, -0.15) is 0 Å². The quantitative estimate of drug-likeness (QED) is 0.785. The van der Waals surface area contributed by atoms with Crippen LogP contribution in [0.1, 0.15) is 24.8 Å². The standard InChI is InChI=1S/C11H16ClN3/c12-10-6-9(8-13)7-11(14-10)15-4-2-1-3-5-15/h6-7H,1-5,8,13H2. The molecule has 15 heavy (non-hydrogen) atoms. The van der Waals surface area contributed by atoms with Gasteiger partial charge in [-0.15, -0.1) is 0 Å². The molecule has 0 spiro atoms. The first kappa shape index (κ1) is 10.7. The van der Waals surface area contributed by atoms with Gasteiger partial charge in [-0.1, -0.05) is 11.6 Å². The normalized spacial score (nSPS) is 16.8. The van der Waals surface area contributed by atoms with Gasteiger partial charge in [-0.3, -0.25) is 0 Å². The van der Waals surface area contributed by atoms with E-state index in [1.165, 1.54) is 19.3 Å². The summed E-state index contributed by atoms with van der Waals surface area (Å²) in [4.78, 5) is 6.63. The van der Waals surface area contributed by atoms with E-state index >= 15 is 0 Å². The van der Waals surface area contributed by atoms with Gasteiger partial charge in [0, 0.05) is 19.6 Å². The first-order valence-electron chi connectivity index (χ1n) is 5.41. The summed E-state index contributed by atoms with van der Waals surface area (Å²) in [5.41, 5.74) is 6.66. The zero-order valence-corrected chi connectivity index (χ0v) is 9.50. The minimum Gasteiger partial charge on any atom is -0.357 e. The molecule has 4 heteroatoms. The van der Waals surface area contributed by atoms with Crippen LogP contribution in [0.5, 0.6) is 0 Å². The van der Waals surface area contributed by atoms with Crippen molar-refractivity contribution in [3.05, 3.63) is 22.8 Å². The topological polar surface area (TPSA) is 42.1 Å². The molecule has 2 N–H and O–H groups in total. The van der Waals surface area contributed by atoms with E-state index in [0.717, 1.165) is 24.5 Å². The summed E-state index contributed by atoms with van der Waals surface area (Å²) in [5.74, 6) is 0.975. The Bertz CT molecular complexity index is 335. The van der Waals surface area contributed by atoms with Crippen molar-refractivity contribution >= 4 is 17.4 Å². The van der Waals surface area contributed by atoms with Crippen LogP contribution >= 0.6 is 11.6 Å². The van der Waals surface area contributed by atoms with Crippen molar-refractivity contribution in [2.75, 3.05) is 18.0 Å². The van der Waals surface area contributed by atoms with Crippen LogP contribution < -0.4 is 10.6 Å². The smallest absolute Gasteiger partial charge is 0.131 e. The summed E-state index contributed by atoms with van der Waals surface area (Å²) < 4.78 is 0. The van der Waals surface area contributed by atoms with E-state index in [1.54, 1.807) is 0 Å². The maximum Gasteiger partial charge on any atom is 0.131 e. The summed E-state index contributed by atoms with van der Waals surface area (Å²) in [6.07, 6.45) is 3.80. The van der Waals surface area contributed by atoms with E-state index in [-0.39, 0.29) is 0 Å². The van der Waals surface area contributed by atoms with E-state index in [1.807, 2.05) is 12.1 Å². The highest BCUT2D eigenvalue weighted by Crippen LogP contribution is 2.21. The molecule has 1 aromatic heterocycles. The van der Waals surface area contributed by atoms with Crippen molar-refractivity contribution in [3.63, 3.8) is 0 Å². The third-order valence-corrected chi connectivity index (χ3v) is 2.95. The molecule has 1 fully saturated rings. The van der Waals surface area contributed by atoms with Crippen molar-refractivity contribution in [1.29, 1.82) is 0 Å². The van der Waals surface area contributed by atoms with Gasteiger partial charge in [-0.05, 0) is 37.0 Å². The molecule has 0 saturated carbocycles. The molecular formula is C11H16ClN3. The van der Waals surface area contributed by atoms with Crippen LogP contribution in [0, 0.1) is 0 Å². The molecule has 0 bridgehead atoms. The van der Waals surface area contributed by atoms with E-state index in [0.29, 0.717) is 11.7 Å². The number of piperidine rings is 1. The molecule has 1 aliphatic rings. The maximum atomic E-state index is 5.95. The zero-order valence-electron chi connectivity index (χ0n) is 8.75. The predicted octanol–water partition coefficient (Wildman–Crippen LogP) is 2.18. The number of anilines is 1. The molecule has 82 valence electrons. The Labute approximate surface area is 95.2 Å². The summed E-state index contributed by atoms with van der Waals surface area (Å²) in [6.45, 7) is 2.68. The Hall–Kier alpha value is -0.800. The Morgan fingerprint density at radius 2 is 2.00 bits per heavy atom. The lowest BCUT2D eigenvalue weighted by Crippen LogP contribution is -2.30. The van der Waals surface area contributed by atoms with Crippen LogP contribution in [0.15, 0.2) is 12.1 Å². The second kappa shape index (κ2) is 4.81. The van der Waals surface area contributed by atoms with Crippen molar-refractivity contribution in [1.82, 2.24) is 4.98 Å². The molecule has 2 heterocycles. The Balaban J connectivity index is 2.22. The highest BCUT2D eigenvalue weighted by molar-refractivity contribution is 6.29. The summed E-state index contributed by atoms with van der Waals surface area (Å²) >= 11 is 5.95. The predicted molar refractivity (Wildman–Crippen MR) is 63.2 cm³/mol. The minimum absolute atomic E-state index is 0.517. The number of nitrogens with two attached hydrogens (primary N) is 1. The summed E-state index contributed by atoms with van der Waals surface area (Å²) in [6, 6.07) is 3.87. The molecule has 1 aromatic rings. The molecule has 0 atom stereocenters. The number of halogens is 1.